The van der Waals surface area contributed by atoms with E-state index in [1.54, 1.807) is 24.3 Å². The number of furan rings is 1. The molecule has 3 aromatic rings. The lowest BCUT2D eigenvalue weighted by molar-refractivity contribution is 0.471. The first kappa shape index (κ1) is 16.3. The van der Waals surface area contributed by atoms with Gasteiger partial charge in [-0.15, -0.1) is 10.2 Å². The summed E-state index contributed by atoms with van der Waals surface area (Å²) in [5.74, 6) is 1.25. The number of hydrogen-bond donors (Lipinski definition) is 1. The van der Waals surface area contributed by atoms with Gasteiger partial charge in [0.2, 0.25) is 15.9 Å². The van der Waals surface area contributed by atoms with Crippen molar-refractivity contribution in [3.8, 4) is 11.7 Å². The summed E-state index contributed by atoms with van der Waals surface area (Å²) in [6.45, 7) is 1.16. The van der Waals surface area contributed by atoms with Crippen LogP contribution in [-0.4, -0.2) is 25.2 Å². The molecule has 0 radical (unpaired) electrons. The number of nitrogens with zero attached hydrogens (tertiary/aromatic N) is 3. The van der Waals surface area contributed by atoms with Gasteiger partial charge in [0.15, 0.2) is 10.4 Å². The van der Waals surface area contributed by atoms with Crippen molar-refractivity contribution in [2.24, 2.45) is 5.14 Å². The maximum atomic E-state index is 11.5. The van der Waals surface area contributed by atoms with Crippen molar-refractivity contribution in [3.05, 3.63) is 46.5 Å². The van der Waals surface area contributed by atoms with Gasteiger partial charge in [-0.05, 0) is 58.2 Å². The molecule has 0 saturated heterocycles. The third-order valence-corrected chi connectivity index (χ3v) is 5.29. The van der Waals surface area contributed by atoms with Crippen molar-refractivity contribution < 1.29 is 17.3 Å². The zero-order valence-electron chi connectivity index (χ0n) is 12.8. The van der Waals surface area contributed by atoms with Gasteiger partial charge in [0.25, 0.3) is 5.89 Å². The monoisotopic (exact) mass is 424 g/mol. The number of fused-ring (bicyclic) bond motifs is 1. The molecule has 3 heterocycles. The van der Waals surface area contributed by atoms with E-state index in [1.165, 1.54) is 6.07 Å². The number of rotatable bonds is 4. The number of anilines is 1. The Morgan fingerprint density at radius 1 is 1.20 bits per heavy atom. The molecule has 2 N–H and O–H groups in total. The van der Waals surface area contributed by atoms with Gasteiger partial charge < -0.3 is 13.7 Å². The first-order valence-electron chi connectivity index (χ1n) is 7.39. The average molecular weight is 425 g/mol. The Bertz CT molecular complexity index is 1040. The number of nitrogens with two attached hydrogens (primary N) is 1. The fourth-order valence-corrected chi connectivity index (χ4v) is 3.67. The molecular formula is C15H13BrN4O4S. The summed E-state index contributed by atoms with van der Waals surface area (Å²) in [5, 5.41) is 13.2. The molecule has 0 amide bonds. The highest BCUT2D eigenvalue weighted by atomic mass is 79.9. The molecule has 0 fully saturated rings. The van der Waals surface area contributed by atoms with Gasteiger partial charge in [-0.3, -0.25) is 0 Å². The fraction of sp³-hybridized carbons (Fsp3) is 0.200. The van der Waals surface area contributed by atoms with E-state index in [0.717, 1.165) is 24.2 Å². The molecule has 130 valence electrons. The van der Waals surface area contributed by atoms with Crippen molar-refractivity contribution >= 4 is 31.6 Å². The quantitative estimate of drug-likeness (QED) is 0.682. The highest BCUT2D eigenvalue weighted by molar-refractivity contribution is 9.10. The molecule has 10 heteroatoms. The van der Waals surface area contributed by atoms with Crippen molar-refractivity contribution in [1.82, 2.24) is 10.2 Å². The van der Waals surface area contributed by atoms with Gasteiger partial charge in [-0.2, -0.15) is 0 Å². The molecule has 8 nitrogen and oxygen atoms in total. The summed E-state index contributed by atoms with van der Waals surface area (Å²) in [5.41, 5.74) is 1.87. The number of benzene rings is 1. The Hall–Kier alpha value is -2.17. The maximum Gasteiger partial charge on any atom is 0.283 e. The highest BCUT2D eigenvalue weighted by Crippen LogP contribution is 2.31. The molecule has 0 aliphatic carbocycles. The Balaban J connectivity index is 1.55. The lowest BCUT2D eigenvalue weighted by Crippen LogP contribution is -2.20. The summed E-state index contributed by atoms with van der Waals surface area (Å²) in [6.07, 6.45) is 0.727. The van der Waals surface area contributed by atoms with Crippen LogP contribution in [0.5, 0.6) is 0 Å². The second kappa shape index (κ2) is 5.97. The first-order valence-corrected chi connectivity index (χ1v) is 9.73. The summed E-state index contributed by atoms with van der Waals surface area (Å²) >= 11 is 3.23. The van der Waals surface area contributed by atoms with Gasteiger partial charge in [-0.25, -0.2) is 13.6 Å². The predicted octanol–water partition coefficient (Wildman–Crippen LogP) is 2.30. The van der Waals surface area contributed by atoms with E-state index in [2.05, 4.69) is 31.0 Å². The molecule has 0 unspecified atom stereocenters. The van der Waals surface area contributed by atoms with Crippen LogP contribution in [0, 0.1) is 0 Å². The van der Waals surface area contributed by atoms with Crippen molar-refractivity contribution in [1.29, 1.82) is 0 Å². The minimum atomic E-state index is -3.70. The van der Waals surface area contributed by atoms with E-state index in [1.807, 2.05) is 0 Å². The van der Waals surface area contributed by atoms with Crippen LogP contribution in [0.2, 0.25) is 0 Å². The van der Waals surface area contributed by atoms with E-state index in [9.17, 15) is 8.42 Å². The van der Waals surface area contributed by atoms with Crippen LogP contribution < -0.4 is 10.0 Å². The van der Waals surface area contributed by atoms with Gasteiger partial charge in [0.05, 0.1) is 11.4 Å². The number of halogens is 1. The summed E-state index contributed by atoms with van der Waals surface area (Å²) in [7, 11) is -3.70. The third kappa shape index (κ3) is 3.20. The summed E-state index contributed by atoms with van der Waals surface area (Å²) in [4.78, 5) is 2.17. The van der Waals surface area contributed by atoms with Gasteiger partial charge >= 0.3 is 0 Å². The van der Waals surface area contributed by atoms with Gasteiger partial charge in [0.1, 0.15) is 0 Å². The number of aromatic nitrogens is 2. The van der Waals surface area contributed by atoms with Crippen LogP contribution in [0.15, 0.2) is 48.7 Å². The maximum absolute atomic E-state index is 11.5. The Labute approximate surface area is 151 Å². The minimum absolute atomic E-state index is 0.122. The summed E-state index contributed by atoms with van der Waals surface area (Å²) < 4.78 is 34.5. The molecule has 1 aromatic carbocycles. The lowest BCUT2D eigenvalue weighted by Gasteiger charge is -2.17. The van der Waals surface area contributed by atoms with E-state index in [0.29, 0.717) is 28.8 Å². The molecule has 4 rings (SSSR count). The van der Waals surface area contributed by atoms with Crippen LogP contribution in [0.1, 0.15) is 11.5 Å². The van der Waals surface area contributed by atoms with Crippen LogP contribution in [0.3, 0.4) is 0 Å². The number of hydrogen-bond acceptors (Lipinski definition) is 7. The van der Waals surface area contributed by atoms with Gasteiger partial charge in [-0.1, -0.05) is 0 Å². The van der Waals surface area contributed by atoms with E-state index < -0.39 is 10.0 Å². The topological polar surface area (TPSA) is 115 Å². The van der Waals surface area contributed by atoms with E-state index in [4.69, 9.17) is 14.0 Å². The lowest BCUT2D eigenvalue weighted by atomic mass is 10.2. The number of sulfonamides is 1. The summed E-state index contributed by atoms with van der Waals surface area (Å²) in [6, 6.07) is 8.36. The molecule has 0 spiro atoms. The molecule has 0 bridgehead atoms. The molecular weight excluding hydrogens is 412 g/mol. The second-order valence-electron chi connectivity index (χ2n) is 5.61. The second-order valence-corrected chi connectivity index (χ2v) is 7.95. The molecule has 0 atom stereocenters. The smallest absolute Gasteiger partial charge is 0.283 e. The van der Waals surface area contributed by atoms with Crippen molar-refractivity contribution in [3.63, 3.8) is 0 Å². The fourth-order valence-electron chi connectivity index (χ4n) is 2.80. The molecule has 0 saturated carbocycles. The normalized spacial score (nSPS) is 14.1. The third-order valence-electron chi connectivity index (χ3n) is 3.95. The molecule has 25 heavy (non-hydrogen) atoms. The largest absolute Gasteiger partial charge is 0.444 e. The van der Waals surface area contributed by atoms with Gasteiger partial charge in [0, 0.05) is 12.2 Å². The highest BCUT2D eigenvalue weighted by Gasteiger charge is 2.23. The first-order chi connectivity index (χ1) is 11.9. The van der Waals surface area contributed by atoms with Crippen molar-refractivity contribution in [2.75, 3.05) is 11.4 Å². The zero-order valence-corrected chi connectivity index (χ0v) is 15.2. The van der Waals surface area contributed by atoms with E-state index >= 15 is 0 Å². The standard InChI is InChI=1S/C15H13BrN4O4S/c16-13-4-3-12(23-13)15-19-18-14(24-15)8-20-6-5-9-7-10(25(17,21)22)1-2-11(9)20/h1-4,7H,5-6,8H2,(H2,17,21,22). The van der Waals surface area contributed by atoms with Crippen LogP contribution in [-0.2, 0) is 23.0 Å². The SMILES string of the molecule is NS(=O)(=O)c1ccc2c(c1)CCN2Cc1nnc(-c2ccc(Br)o2)o1. The van der Waals surface area contributed by atoms with Crippen LogP contribution in [0.4, 0.5) is 5.69 Å². The van der Waals surface area contributed by atoms with E-state index in [-0.39, 0.29) is 4.90 Å². The Morgan fingerprint density at radius 2 is 2.04 bits per heavy atom. The molecule has 1 aliphatic rings. The van der Waals surface area contributed by atoms with Crippen molar-refractivity contribution in [2.45, 2.75) is 17.9 Å². The molecule has 1 aliphatic heterocycles. The number of primary sulfonamides is 1. The average Bonchev–Trinajstić information content (AvgIpc) is 3.27. The Kier molecular flexibility index (Phi) is 3.89. The predicted molar refractivity (Wildman–Crippen MR) is 92.3 cm³/mol. The zero-order chi connectivity index (χ0) is 17.6. The molecule has 2 aromatic heterocycles. The van der Waals surface area contributed by atoms with Crippen LogP contribution in [0.25, 0.3) is 11.7 Å². The Morgan fingerprint density at radius 3 is 2.76 bits per heavy atom. The minimum Gasteiger partial charge on any atom is -0.444 e. The van der Waals surface area contributed by atoms with Crippen LogP contribution >= 0.6 is 15.9 Å².